The normalized spacial score (nSPS) is 11.7. The molecule has 0 aromatic carbocycles. The summed E-state index contributed by atoms with van der Waals surface area (Å²) in [5, 5.41) is 1.06. The van der Waals surface area contributed by atoms with Crippen LogP contribution in [0.25, 0.3) is 44.5 Å². The van der Waals surface area contributed by atoms with Gasteiger partial charge in [0, 0.05) is 64.7 Å². The largest absolute Gasteiger partial charge is 0.346 e. The van der Waals surface area contributed by atoms with Gasteiger partial charge in [0.1, 0.15) is 11.5 Å². The maximum atomic E-state index is 4.61. The summed E-state index contributed by atoms with van der Waals surface area (Å²) in [5.74, 6) is 0.981. The number of aryl methyl sites for hydroxylation is 1. The molecular formula is C22H20N6. The highest BCUT2D eigenvalue weighted by molar-refractivity contribution is 5.97. The lowest BCUT2D eigenvalue weighted by molar-refractivity contribution is 0.600. The van der Waals surface area contributed by atoms with Crippen LogP contribution in [0.4, 0.5) is 0 Å². The number of pyridine rings is 3. The van der Waals surface area contributed by atoms with Crippen LogP contribution in [0.3, 0.4) is 0 Å². The molecule has 5 aromatic heterocycles. The molecule has 5 aromatic rings. The molecule has 6 heteroatoms. The monoisotopic (exact) mass is 368 g/mol. The molecule has 0 unspecified atom stereocenters. The Morgan fingerprint density at radius 3 is 2.64 bits per heavy atom. The maximum absolute atomic E-state index is 4.61. The Kier molecular flexibility index (Phi) is 3.72. The number of rotatable bonds is 3. The summed E-state index contributed by atoms with van der Waals surface area (Å²) in [7, 11) is 0. The van der Waals surface area contributed by atoms with E-state index in [4.69, 9.17) is 0 Å². The highest BCUT2D eigenvalue weighted by atomic mass is 15.1. The van der Waals surface area contributed by atoms with E-state index in [0.717, 1.165) is 50.3 Å². The van der Waals surface area contributed by atoms with Crippen molar-refractivity contribution in [3.63, 3.8) is 0 Å². The first-order valence-corrected chi connectivity index (χ1v) is 9.34. The number of fused-ring (bicyclic) bond motifs is 2. The van der Waals surface area contributed by atoms with Crippen LogP contribution in [-0.2, 0) is 0 Å². The predicted octanol–water partition coefficient (Wildman–Crippen LogP) is 4.93. The first-order valence-electron chi connectivity index (χ1n) is 9.34. The van der Waals surface area contributed by atoms with E-state index < -0.39 is 0 Å². The Balaban J connectivity index is 1.70. The Labute approximate surface area is 162 Å². The maximum Gasteiger partial charge on any atom is 0.177 e. The quantitative estimate of drug-likeness (QED) is 0.490. The molecule has 0 aliphatic rings. The summed E-state index contributed by atoms with van der Waals surface area (Å²) in [6.07, 6.45) is 9.39. The molecule has 0 atom stereocenters. The van der Waals surface area contributed by atoms with Crippen molar-refractivity contribution in [2.45, 2.75) is 26.8 Å². The fraction of sp³-hybridized carbons (Fsp3) is 0.182. The number of hydrogen-bond donors (Lipinski definition) is 1. The van der Waals surface area contributed by atoms with Gasteiger partial charge in [-0.2, -0.15) is 0 Å². The van der Waals surface area contributed by atoms with Crippen LogP contribution in [0.1, 0.15) is 25.7 Å². The van der Waals surface area contributed by atoms with E-state index in [2.05, 4.69) is 55.5 Å². The summed E-state index contributed by atoms with van der Waals surface area (Å²) in [5.41, 5.74) is 6.91. The minimum atomic E-state index is 0.323. The average molecular weight is 368 g/mol. The lowest BCUT2D eigenvalue weighted by atomic mass is 10.0. The van der Waals surface area contributed by atoms with Gasteiger partial charge in [-0.3, -0.25) is 4.98 Å². The summed E-state index contributed by atoms with van der Waals surface area (Å²) >= 11 is 0. The molecule has 1 N–H and O–H groups in total. The smallest absolute Gasteiger partial charge is 0.177 e. The second kappa shape index (κ2) is 6.27. The van der Waals surface area contributed by atoms with Crippen molar-refractivity contribution in [1.29, 1.82) is 0 Å². The number of aromatic nitrogens is 6. The average Bonchev–Trinajstić information content (AvgIpc) is 3.27. The van der Waals surface area contributed by atoms with Crippen molar-refractivity contribution in [3.8, 4) is 22.3 Å². The molecule has 28 heavy (non-hydrogen) atoms. The zero-order valence-electron chi connectivity index (χ0n) is 16.0. The highest BCUT2D eigenvalue weighted by Gasteiger charge is 2.15. The van der Waals surface area contributed by atoms with E-state index in [1.54, 1.807) is 6.20 Å². The van der Waals surface area contributed by atoms with E-state index >= 15 is 0 Å². The zero-order chi connectivity index (χ0) is 19.3. The summed E-state index contributed by atoms with van der Waals surface area (Å²) in [4.78, 5) is 21.3. The van der Waals surface area contributed by atoms with Crippen molar-refractivity contribution in [2.24, 2.45) is 0 Å². The van der Waals surface area contributed by atoms with Crippen LogP contribution in [0.15, 0.2) is 55.2 Å². The summed E-state index contributed by atoms with van der Waals surface area (Å²) in [6.45, 7) is 6.35. The molecule has 0 fully saturated rings. The van der Waals surface area contributed by atoms with Crippen LogP contribution < -0.4 is 0 Å². The SMILES string of the molecule is Cc1nc2ncc(-c3c[nH]c4ncc(-c5cccnc5)cc34)cc2n1C(C)C. The Morgan fingerprint density at radius 1 is 1.00 bits per heavy atom. The van der Waals surface area contributed by atoms with Gasteiger partial charge < -0.3 is 9.55 Å². The first-order chi connectivity index (χ1) is 13.6. The molecule has 0 spiro atoms. The minimum Gasteiger partial charge on any atom is -0.346 e. The lowest BCUT2D eigenvalue weighted by Gasteiger charge is -2.11. The molecule has 0 aliphatic heterocycles. The van der Waals surface area contributed by atoms with E-state index in [0.29, 0.717) is 6.04 Å². The standard InChI is InChI=1S/C22H20N6/c1-13(2)28-14(3)27-22-20(28)8-17(11-25-22)19-12-26-21-18(19)7-16(10-24-21)15-5-4-6-23-9-15/h4-13H,1-3H3,(H,24,26). The number of imidazole rings is 1. The van der Waals surface area contributed by atoms with Crippen molar-refractivity contribution in [3.05, 3.63) is 61.1 Å². The van der Waals surface area contributed by atoms with Gasteiger partial charge in [-0.25, -0.2) is 15.0 Å². The molecular weight excluding hydrogens is 348 g/mol. The Hall–Kier alpha value is -3.54. The minimum absolute atomic E-state index is 0.323. The molecule has 6 nitrogen and oxygen atoms in total. The molecule has 0 amide bonds. The highest BCUT2D eigenvalue weighted by Crippen LogP contribution is 2.32. The van der Waals surface area contributed by atoms with Gasteiger partial charge in [0.15, 0.2) is 5.65 Å². The molecule has 0 bridgehead atoms. The van der Waals surface area contributed by atoms with E-state index in [9.17, 15) is 0 Å². The van der Waals surface area contributed by atoms with E-state index in [1.807, 2.05) is 43.8 Å². The van der Waals surface area contributed by atoms with Crippen molar-refractivity contribution in [1.82, 2.24) is 29.5 Å². The van der Waals surface area contributed by atoms with Gasteiger partial charge in [-0.1, -0.05) is 6.07 Å². The second-order valence-corrected chi connectivity index (χ2v) is 7.25. The van der Waals surface area contributed by atoms with Crippen LogP contribution >= 0.6 is 0 Å². The number of H-pyrrole nitrogens is 1. The van der Waals surface area contributed by atoms with E-state index in [-0.39, 0.29) is 0 Å². The topological polar surface area (TPSA) is 72.3 Å². The van der Waals surface area contributed by atoms with Crippen molar-refractivity contribution in [2.75, 3.05) is 0 Å². The third-order valence-corrected chi connectivity index (χ3v) is 5.08. The van der Waals surface area contributed by atoms with Crippen LogP contribution in [0, 0.1) is 6.92 Å². The number of nitrogens with one attached hydrogen (secondary N) is 1. The molecule has 138 valence electrons. The van der Waals surface area contributed by atoms with Gasteiger partial charge in [0.25, 0.3) is 0 Å². The molecule has 0 saturated carbocycles. The van der Waals surface area contributed by atoms with Gasteiger partial charge >= 0.3 is 0 Å². The van der Waals surface area contributed by atoms with Gasteiger partial charge in [0.05, 0.1) is 5.52 Å². The van der Waals surface area contributed by atoms with Crippen LogP contribution in [0.5, 0.6) is 0 Å². The summed E-state index contributed by atoms with van der Waals surface area (Å²) in [6, 6.07) is 8.62. The van der Waals surface area contributed by atoms with Crippen LogP contribution in [-0.4, -0.2) is 29.5 Å². The molecule has 5 rings (SSSR count). The summed E-state index contributed by atoms with van der Waals surface area (Å²) < 4.78 is 2.22. The molecule has 0 saturated heterocycles. The Morgan fingerprint density at radius 2 is 1.86 bits per heavy atom. The number of aromatic amines is 1. The molecule has 5 heterocycles. The van der Waals surface area contributed by atoms with Crippen LogP contribution in [0.2, 0.25) is 0 Å². The van der Waals surface area contributed by atoms with Gasteiger partial charge in [-0.15, -0.1) is 0 Å². The molecule has 0 aliphatic carbocycles. The third kappa shape index (κ3) is 2.57. The molecule has 0 radical (unpaired) electrons. The number of nitrogens with zero attached hydrogens (tertiary/aromatic N) is 5. The van der Waals surface area contributed by atoms with Crippen molar-refractivity contribution < 1.29 is 0 Å². The lowest BCUT2D eigenvalue weighted by Crippen LogP contribution is -2.02. The Bertz CT molecular complexity index is 1300. The first kappa shape index (κ1) is 16.6. The number of hydrogen-bond acceptors (Lipinski definition) is 4. The zero-order valence-corrected chi connectivity index (χ0v) is 16.0. The fourth-order valence-electron chi connectivity index (χ4n) is 3.82. The third-order valence-electron chi connectivity index (χ3n) is 5.08. The van der Waals surface area contributed by atoms with Gasteiger partial charge in [0.2, 0.25) is 0 Å². The second-order valence-electron chi connectivity index (χ2n) is 7.25. The van der Waals surface area contributed by atoms with E-state index in [1.165, 1.54) is 0 Å². The predicted molar refractivity (Wildman–Crippen MR) is 111 cm³/mol. The van der Waals surface area contributed by atoms with Crippen molar-refractivity contribution >= 4 is 22.2 Å². The fourth-order valence-corrected chi connectivity index (χ4v) is 3.82. The van der Waals surface area contributed by atoms with Gasteiger partial charge in [-0.05, 0) is 39.0 Å².